The second kappa shape index (κ2) is 11.0. The van der Waals surface area contributed by atoms with Crippen LogP contribution in [0.2, 0.25) is 0 Å². The van der Waals surface area contributed by atoms with E-state index in [-0.39, 0.29) is 19.1 Å². The Kier molecular flexibility index (Phi) is 7.66. The Hall–Kier alpha value is -3.27. The number of hydrogen-bond donors (Lipinski definition) is 1. The van der Waals surface area contributed by atoms with Crippen molar-refractivity contribution in [3.8, 4) is 23.0 Å². The molecular weight excluding hydrogens is 535 g/mol. The molecule has 3 aromatic carbocycles. The Morgan fingerprint density at radius 1 is 1.06 bits per heavy atom. The van der Waals surface area contributed by atoms with Crippen LogP contribution in [0.5, 0.6) is 23.0 Å². The van der Waals surface area contributed by atoms with Crippen molar-refractivity contribution < 1.29 is 23.7 Å². The lowest BCUT2D eigenvalue weighted by Gasteiger charge is -2.14. The molecule has 0 fully saturated rings. The zero-order chi connectivity index (χ0) is 23.0. The van der Waals surface area contributed by atoms with Crippen LogP contribution >= 0.6 is 22.6 Å². The lowest BCUT2D eigenvalue weighted by Crippen LogP contribution is -2.19. The van der Waals surface area contributed by atoms with Gasteiger partial charge in [0.15, 0.2) is 23.0 Å². The van der Waals surface area contributed by atoms with Crippen molar-refractivity contribution in [1.82, 2.24) is 5.43 Å². The molecule has 0 aliphatic carbocycles. The minimum atomic E-state index is -0.229. The Balaban J connectivity index is 1.39. The highest BCUT2D eigenvalue weighted by Crippen LogP contribution is 2.35. The number of nitrogens with one attached hydrogen (secondary N) is 1. The average Bonchev–Trinajstić information content (AvgIpc) is 3.27. The zero-order valence-corrected chi connectivity index (χ0v) is 20.2. The summed E-state index contributed by atoms with van der Waals surface area (Å²) in [4.78, 5) is 12.3. The Morgan fingerprint density at radius 3 is 2.70 bits per heavy atom. The number of fused-ring (bicyclic) bond motifs is 1. The van der Waals surface area contributed by atoms with Gasteiger partial charge in [-0.1, -0.05) is 36.4 Å². The van der Waals surface area contributed by atoms with Crippen molar-refractivity contribution in [3.63, 3.8) is 0 Å². The van der Waals surface area contributed by atoms with E-state index in [9.17, 15) is 4.79 Å². The van der Waals surface area contributed by atoms with Gasteiger partial charge in [-0.25, -0.2) is 5.43 Å². The van der Waals surface area contributed by atoms with E-state index in [4.69, 9.17) is 18.9 Å². The van der Waals surface area contributed by atoms with Gasteiger partial charge in [0.1, 0.15) is 6.61 Å². The molecule has 8 heteroatoms. The second-order valence-electron chi connectivity index (χ2n) is 7.19. The van der Waals surface area contributed by atoms with Crippen molar-refractivity contribution >= 4 is 34.7 Å². The maximum absolute atomic E-state index is 12.3. The first-order chi connectivity index (χ1) is 16.1. The normalized spacial score (nSPS) is 12.1. The number of halogens is 1. The minimum absolute atomic E-state index is 0.183. The van der Waals surface area contributed by atoms with Crippen LogP contribution in [0.15, 0.2) is 65.8 Å². The van der Waals surface area contributed by atoms with Crippen LogP contribution in [0, 0.1) is 3.57 Å². The van der Waals surface area contributed by atoms with Crippen LogP contribution in [0.25, 0.3) is 0 Å². The van der Waals surface area contributed by atoms with Gasteiger partial charge in [-0.15, -0.1) is 0 Å². The largest absolute Gasteiger partial charge is 0.490 e. The number of amides is 1. The van der Waals surface area contributed by atoms with Gasteiger partial charge in [-0.05, 0) is 70.5 Å². The first-order valence-corrected chi connectivity index (χ1v) is 11.5. The van der Waals surface area contributed by atoms with Crippen LogP contribution in [0.1, 0.15) is 23.6 Å². The summed E-state index contributed by atoms with van der Waals surface area (Å²) in [5, 5.41) is 4.10. The number of carbonyl (C=O) groups excluding carboxylic acids is 1. The number of nitrogens with zero attached hydrogens (tertiary/aromatic N) is 1. The van der Waals surface area contributed by atoms with Crippen molar-refractivity contribution in [2.24, 2.45) is 5.10 Å². The topological polar surface area (TPSA) is 78.4 Å². The van der Waals surface area contributed by atoms with Gasteiger partial charge in [0, 0.05) is 0 Å². The molecule has 4 rings (SSSR count). The van der Waals surface area contributed by atoms with Gasteiger partial charge < -0.3 is 18.9 Å². The molecule has 7 nitrogen and oxygen atoms in total. The highest BCUT2D eigenvalue weighted by atomic mass is 127. The van der Waals surface area contributed by atoms with E-state index in [1.165, 1.54) is 0 Å². The molecule has 0 unspecified atom stereocenters. The molecule has 0 saturated heterocycles. The molecule has 0 radical (unpaired) electrons. The molecule has 0 atom stereocenters. The van der Waals surface area contributed by atoms with E-state index in [1.807, 2.05) is 55.5 Å². The zero-order valence-electron chi connectivity index (χ0n) is 18.0. The van der Waals surface area contributed by atoms with Gasteiger partial charge >= 0.3 is 0 Å². The SMILES string of the molecule is CCOc1cc(/C=N\NC(=O)Cc2ccc3c(c2)OCO3)cc(I)c1OCc1ccccc1. The average molecular weight is 558 g/mol. The van der Waals surface area contributed by atoms with E-state index in [0.29, 0.717) is 36.2 Å². The molecule has 3 aromatic rings. The maximum Gasteiger partial charge on any atom is 0.244 e. The summed E-state index contributed by atoms with van der Waals surface area (Å²) in [6, 6.07) is 19.2. The van der Waals surface area contributed by atoms with E-state index in [0.717, 1.165) is 20.3 Å². The summed E-state index contributed by atoms with van der Waals surface area (Å²) in [5.74, 6) is 2.43. The van der Waals surface area contributed by atoms with Crippen LogP contribution in [-0.2, 0) is 17.8 Å². The van der Waals surface area contributed by atoms with E-state index < -0.39 is 0 Å². The molecule has 0 spiro atoms. The molecule has 1 aliphatic heterocycles. The summed E-state index contributed by atoms with van der Waals surface area (Å²) < 4.78 is 23.4. The quantitative estimate of drug-likeness (QED) is 0.234. The minimum Gasteiger partial charge on any atom is -0.490 e. The third-order valence-corrected chi connectivity index (χ3v) is 5.56. The molecule has 33 heavy (non-hydrogen) atoms. The number of benzene rings is 3. The van der Waals surface area contributed by atoms with Crippen molar-refractivity contribution in [2.45, 2.75) is 20.0 Å². The van der Waals surface area contributed by atoms with Crippen LogP contribution in [0.3, 0.4) is 0 Å². The highest BCUT2D eigenvalue weighted by Gasteiger charge is 2.15. The Bertz CT molecular complexity index is 1150. The number of hydrogen-bond acceptors (Lipinski definition) is 6. The van der Waals surface area contributed by atoms with Gasteiger partial charge in [-0.2, -0.15) is 5.10 Å². The summed E-state index contributed by atoms with van der Waals surface area (Å²) in [7, 11) is 0. The summed E-state index contributed by atoms with van der Waals surface area (Å²) >= 11 is 2.21. The lowest BCUT2D eigenvalue weighted by atomic mass is 10.1. The smallest absolute Gasteiger partial charge is 0.244 e. The van der Waals surface area contributed by atoms with Crippen molar-refractivity contribution in [2.75, 3.05) is 13.4 Å². The summed E-state index contributed by atoms with van der Waals surface area (Å²) in [6.45, 7) is 3.07. The molecule has 1 heterocycles. The number of carbonyl (C=O) groups is 1. The summed E-state index contributed by atoms with van der Waals surface area (Å²) in [6.07, 6.45) is 1.77. The fourth-order valence-corrected chi connectivity index (χ4v) is 4.03. The lowest BCUT2D eigenvalue weighted by molar-refractivity contribution is -0.120. The van der Waals surface area contributed by atoms with E-state index in [1.54, 1.807) is 18.3 Å². The van der Waals surface area contributed by atoms with E-state index in [2.05, 4.69) is 33.1 Å². The molecule has 170 valence electrons. The molecule has 0 bridgehead atoms. The Labute approximate surface area is 205 Å². The molecule has 1 aliphatic rings. The standard InChI is InChI=1S/C25H23IN2O5/c1-2-30-23-12-19(10-20(26)25(23)31-15-17-6-4-3-5-7-17)14-27-28-24(29)13-18-8-9-21-22(11-18)33-16-32-21/h3-12,14H,2,13,15-16H2,1H3,(H,28,29)/b27-14-. The van der Waals surface area contributed by atoms with Crippen molar-refractivity contribution in [1.29, 1.82) is 0 Å². The Morgan fingerprint density at radius 2 is 1.88 bits per heavy atom. The number of ether oxygens (including phenoxy) is 4. The van der Waals surface area contributed by atoms with Gasteiger partial charge in [0.05, 0.1) is 22.8 Å². The fraction of sp³-hybridized carbons (Fsp3) is 0.200. The monoisotopic (exact) mass is 558 g/mol. The first-order valence-electron chi connectivity index (χ1n) is 10.5. The van der Waals surface area contributed by atoms with Crippen LogP contribution in [-0.4, -0.2) is 25.5 Å². The number of rotatable bonds is 9. The number of hydrazone groups is 1. The molecule has 0 saturated carbocycles. The summed E-state index contributed by atoms with van der Waals surface area (Å²) in [5.41, 5.74) is 5.25. The third-order valence-electron chi connectivity index (χ3n) is 4.76. The van der Waals surface area contributed by atoms with Crippen LogP contribution < -0.4 is 24.4 Å². The molecular formula is C25H23IN2O5. The van der Waals surface area contributed by atoms with Crippen molar-refractivity contribution in [3.05, 3.63) is 80.9 Å². The first kappa shape index (κ1) is 22.9. The molecule has 0 aromatic heterocycles. The predicted molar refractivity (Wildman–Crippen MR) is 133 cm³/mol. The molecule has 1 amide bonds. The van der Waals surface area contributed by atoms with Crippen LogP contribution in [0.4, 0.5) is 0 Å². The maximum atomic E-state index is 12.3. The fourth-order valence-electron chi connectivity index (χ4n) is 3.25. The van der Waals surface area contributed by atoms with Gasteiger partial charge in [0.2, 0.25) is 12.7 Å². The third kappa shape index (κ3) is 6.16. The second-order valence-corrected chi connectivity index (χ2v) is 8.36. The van der Waals surface area contributed by atoms with Gasteiger partial charge in [-0.3, -0.25) is 4.79 Å². The molecule has 1 N–H and O–H groups in total. The van der Waals surface area contributed by atoms with Gasteiger partial charge in [0.25, 0.3) is 0 Å². The van der Waals surface area contributed by atoms with E-state index >= 15 is 0 Å². The highest BCUT2D eigenvalue weighted by molar-refractivity contribution is 14.1. The predicted octanol–water partition coefficient (Wildman–Crippen LogP) is 4.69.